The van der Waals surface area contributed by atoms with Crippen molar-refractivity contribution in [3.63, 3.8) is 0 Å². The summed E-state index contributed by atoms with van der Waals surface area (Å²) < 4.78 is 105. The Hall–Kier alpha value is -3.42. The number of hydrogen-bond acceptors (Lipinski definition) is 5. The van der Waals surface area contributed by atoms with E-state index in [9.17, 15) is 44.3 Å². The molecule has 0 spiro atoms. The predicted octanol–water partition coefficient (Wildman–Crippen LogP) is 3.52. The molecular formula is C23H19F6N3O4S. The lowest BCUT2D eigenvalue weighted by Gasteiger charge is -2.26. The van der Waals surface area contributed by atoms with Gasteiger partial charge in [-0.25, -0.2) is 26.6 Å². The summed E-state index contributed by atoms with van der Waals surface area (Å²) >= 11 is 0. The summed E-state index contributed by atoms with van der Waals surface area (Å²) in [6.07, 6.45) is -3.42. The molecule has 1 fully saturated rings. The first-order chi connectivity index (χ1) is 17.2. The Morgan fingerprint density at radius 3 is 2.43 bits per heavy atom. The van der Waals surface area contributed by atoms with Crippen LogP contribution in [0.5, 0.6) is 0 Å². The van der Waals surface area contributed by atoms with Gasteiger partial charge in [0.25, 0.3) is 5.91 Å². The second-order valence-corrected chi connectivity index (χ2v) is 10.7. The molecule has 7 nitrogen and oxygen atoms in total. The smallest absolute Gasteiger partial charge is 0.344 e. The van der Waals surface area contributed by atoms with Crippen LogP contribution in [0.25, 0.3) is 0 Å². The van der Waals surface area contributed by atoms with Crippen LogP contribution in [0, 0.1) is 11.6 Å². The van der Waals surface area contributed by atoms with Crippen molar-refractivity contribution in [2.24, 2.45) is 0 Å². The summed E-state index contributed by atoms with van der Waals surface area (Å²) in [7, 11) is -3.77. The third kappa shape index (κ3) is 5.63. The number of likely N-dealkylation sites (tertiary alicyclic amines) is 1. The quantitative estimate of drug-likeness (QED) is 0.441. The zero-order valence-corrected chi connectivity index (χ0v) is 19.8. The average Bonchev–Trinajstić information content (AvgIpc) is 3.57. The van der Waals surface area contributed by atoms with Crippen LogP contribution >= 0.6 is 0 Å². The number of allylic oxidation sites excluding steroid dienone is 1. The van der Waals surface area contributed by atoms with E-state index in [1.165, 1.54) is 6.07 Å². The molecule has 2 aliphatic rings. The summed E-state index contributed by atoms with van der Waals surface area (Å²) in [5.41, 5.74) is -2.13. The van der Waals surface area contributed by atoms with Gasteiger partial charge in [0.1, 0.15) is 23.8 Å². The zero-order chi connectivity index (χ0) is 27.3. The summed E-state index contributed by atoms with van der Waals surface area (Å²) in [4.78, 5) is 30.7. The number of rotatable bonds is 6. The highest BCUT2D eigenvalue weighted by Crippen LogP contribution is 2.39. The van der Waals surface area contributed by atoms with Crippen LogP contribution in [0.4, 0.5) is 26.3 Å². The Kier molecular flexibility index (Phi) is 6.82. The lowest BCUT2D eigenvalue weighted by Crippen LogP contribution is -2.47. The Morgan fingerprint density at radius 2 is 1.84 bits per heavy atom. The number of amides is 2. The number of carbonyl (C=O) groups is 2. The summed E-state index contributed by atoms with van der Waals surface area (Å²) in [6, 6.07) is -0.217. The summed E-state index contributed by atoms with van der Waals surface area (Å²) in [6.45, 7) is -0.496. The van der Waals surface area contributed by atoms with Gasteiger partial charge in [-0.1, -0.05) is 6.08 Å². The fourth-order valence-corrected chi connectivity index (χ4v) is 4.67. The zero-order valence-electron chi connectivity index (χ0n) is 19.0. The molecule has 0 unspecified atom stereocenters. The Balaban J connectivity index is 1.60. The number of nitrogens with zero attached hydrogens (tertiary/aromatic N) is 2. The standard InChI is InChI=1S/C23H19F6N3O4S/c1-37(35,36)19-6-12(4-5-30-19)22(34)32-10-13(24)7-18(32)21(33)31-20(11-2-3-11)14-8-17(26)15(9-16(14)25)23(27,28)29/h2,4-6,8-9,13,18,20H,3,7,10H2,1H3,(H,31,33)/t13-,18+,20+/m0/s1. The number of pyridine rings is 1. The van der Waals surface area contributed by atoms with Crippen LogP contribution in [0.1, 0.15) is 40.4 Å². The molecule has 3 atom stereocenters. The first kappa shape index (κ1) is 26.6. The van der Waals surface area contributed by atoms with Gasteiger partial charge in [-0.2, -0.15) is 13.2 Å². The van der Waals surface area contributed by atoms with E-state index in [1.54, 1.807) is 6.08 Å². The molecule has 0 saturated carbocycles. The maximum Gasteiger partial charge on any atom is 0.419 e. The largest absolute Gasteiger partial charge is 0.419 e. The first-order valence-corrected chi connectivity index (χ1v) is 12.7. The minimum atomic E-state index is -5.13. The number of aromatic nitrogens is 1. The predicted molar refractivity (Wildman–Crippen MR) is 117 cm³/mol. The normalized spacial score (nSPS) is 20.4. The van der Waals surface area contributed by atoms with Crippen molar-refractivity contribution in [2.75, 3.05) is 12.8 Å². The van der Waals surface area contributed by atoms with Gasteiger partial charge in [0.15, 0.2) is 14.9 Å². The molecule has 2 aromatic rings. The molecule has 1 saturated heterocycles. The first-order valence-electron chi connectivity index (χ1n) is 10.8. The molecule has 1 aliphatic carbocycles. The van der Waals surface area contributed by atoms with E-state index in [2.05, 4.69) is 10.3 Å². The molecule has 4 rings (SSSR count). The van der Waals surface area contributed by atoms with Gasteiger partial charge >= 0.3 is 6.18 Å². The van der Waals surface area contributed by atoms with Crippen molar-refractivity contribution in [2.45, 2.75) is 42.3 Å². The van der Waals surface area contributed by atoms with E-state index in [1.807, 2.05) is 0 Å². The van der Waals surface area contributed by atoms with Gasteiger partial charge in [-0.15, -0.1) is 0 Å². The van der Waals surface area contributed by atoms with Gasteiger partial charge in [-0.3, -0.25) is 9.59 Å². The maximum atomic E-state index is 14.6. The molecule has 1 aromatic carbocycles. The van der Waals surface area contributed by atoms with E-state index >= 15 is 0 Å². The monoisotopic (exact) mass is 547 g/mol. The Morgan fingerprint density at radius 1 is 1.16 bits per heavy atom. The Bertz CT molecular complexity index is 1410. The van der Waals surface area contributed by atoms with E-state index in [0.717, 1.165) is 23.4 Å². The number of sulfone groups is 1. The summed E-state index contributed by atoms with van der Waals surface area (Å²) in [5.74, 6) is -4.94. The van der Waals surface area contributed by atoms with Crippen LogP contribution < -0.4 is 5.32 Å². The number of alkyl halides is 4. The number of carbonyl (C=O) groups excluding carboxylic acids is 2. The molecular weight excluding hydrogens is 528 g/mol. The average molecular weight is 547 g/mol. The SMILES string of the molecule is CS(=O)(=O)c1cc(C(=O)N2C[C@@H](F)C[C@@H]2C(=O)N[C@H](C2=CC2)c2cc(F)c(C(F)(F)F)cc2F)ccn1. The van der Waals surface area contributed by atoms with Crippen LogP contribution in [0.2, 0.25) is 0 Å². The second-order valence-electron chi connectivity index (χ2n) is 8.74. The van der Waals surface area contributed by atoms with Gasteiger partial charge in [0, 0.05) is 30.0 Å². The number of halogens is 6. The second kappa shape index (κ2) is 9.47. The highest BCUT2D eigenvalue weighted by molar-refractivity contribution is 7.90. The lowest BCUT2D eigenvalue weighted by molar-refractivity contribution is -0.140. The van der Waals surface area contributed by atoms with Crippen LogP contribution in [-0.4, -0.2) is 55.1 Å². The third-order valence-corrected chi connectivity index (χ3v) is 6.96. The van der Waals surface area contributed by atoms with Gasteiger partial charge < -0.3 is 10.2 Å². The van der Waals surface area contributed by atoms with Gasteiger partial charge in [-0.05, 0) is 36.3 Å². The minimum Gasteiger partial charge on any atom is -0.344 e. The minimum absolute atomic E-state index is 0.00143. The summed E-state index contributed by atoms with van der Waals surface area (Å²) in [5, 5.41) is 1.99. The van der Waals surface area contributed by atoms with Crippen LogP contribution in [0.3, 0.4) is 0 Å². The lowest BCUT2D eigenvalue weighted by atomic mass is 10.00. The molecule has 1 N–H and O–H groups in total. The van der Waals surface area contributed by atoms with Crippen LogP contribution in [-0.2, 0) is 20.8 Å². The van der Waals surface area contributed by atoms with Crippen molar-refractivity contribution < 1.29 is 44.3 Å². The molecule has 2 heterocycles. The fourth-order valence-electron chi connectivity index (χ4n) is 4.07. The molecule has 14 heteroatoms. The topological polar surface area (TPSA) is 96.4 Å². The van der Waals surface area contributed by atoms with E-state index < -0.39 is 86.8 Å². The molecule has 2 amide bonds. The highest BCUT2D eigenvalue weighted by Gasteiger charge is 2.42. The molecule has 0 bridgehead atoms. The van der Waals surface area contributed by atoms with Crippen molar-refractivity contribution in [3.8, 4) is 0 Å². The van der Waals surface area contributed by atoms with Crippen molar-refractivity contribution in [1.29, 1.82) is 0 Å². The molecule has 1 aliphatic heterocycles. The van der Waals surface area contributed by atoms with Gasteiger partial charge in [0.05, 0.1) is 18.2 Å². The molecule has 198 valence electrons. The fraction of sp³-hybridized carbons (Fsp3) is 0.348. The molecule has 1 aromatic heterocycles. The van der Waals surface area contributed by atoms with Crippen molar-refractivity contribution in [1.82, 2.24) is 15.2 Å². The van der Waals surface area contributed by atoms with E-state index in [0.29, 0.717) is 11.6 Å². The van der Waals surface area contributed by atoms with Gasteiger partial charge in [0.2, 0.25) is 5.91 Å². The Labute approximate surface area is 207 Å². The molecule has 37 heavy (non-hydrogen) atoms. The van der Waals surface area contributed by atoms with E-state index in [-0.39, 0.29) is 18.1 Å². The number of benzene rings is 1. The van der Waals surface area contributed by atoms with Crippen LogP contribution in [0.15, 0.2) is 47.1 Å². The van der Waals surface area contributed by atoms with E-state index in [4.69, 9.17) is 0 Å². The van der Waals surface area contributed by atoms with Crippen molar-refractivity contribution in [3.05, 3.63) is 70.4 Å². The maximum absolute atomic E-state index is 14.6. The third-order valence-electron chi connectivity index (χ3n) is 5.98. The highest BCUT2D eigenvalue weighted by atomic mass is 32.2. The number of nitrogens with one attached hydrogen (secondary N) is 1. The number of hydrogen-bond donors (Lipinski definition) is 1. The van der Waals surface area contributed by atoms with Crippen molar-refractivity contribution >= 4 is 21.7 Å². The molecule has 0 radical (unpaired) electrons.